The summed E-state index contributed by atoms with van der Waals surface area (Å²) in [7, 11) is 0. The maximum absolute atomic E-state index is 13.1. The van der Waals surface area contributed by atoms with Crippen molar-refractivity contribution in [1.82, 2.24) is 0 Å². The summed E-state index contributed by atoms with van der Waals surface area (Å²) in [6.07, 6.45) is -2.88. The Hall–Kier alpha value is -2.29. The van der Waals surface area contributed by atoms with Crippen molar-refractivity contribution in [2.45, 2.75) is 19.0 Å². The predicted octanol–water partition coefficient (Wildman–Crippen LogP) is 3.04. The highest BCUT2D eigenvalue weighted by Crippen LogP contribution is 2.41. The number of fused-ring (bicyclic) bond motifs is 1. The molecule has 1 aromatic carbocycles. The van der Waals surface area contributed by atoms with Gasteiger partial charge in [0.1, 0.15) is 0 Å². The zero-order valence-corrected chi connectivity index (χ0v) is 10.5. The van der Waals surface area contributed by atoms with Gasteiger partial charge >= 0.3 is 6.18 Å². The molecule has 0 unspecified atom stereocenters. The summed E-state index contributed by atoms with van der Waals surface area (Å²) in [4.78, 5) is 13.2. The minimum Gasteiger partial charge on any atom is -0.312 e. The van der Waals surface area contributed by atoms with Crippen LogP contribution in [0, 0.1) is 11.3 Å². The molecule has 0 aromatic heterocycles. The van der Waals surface area contributed by atoms with E-state index in [1.54, 1.807) is 6.08 Å². The highest BCUT2D eigenvalue weighted by Gasteiger charge is 2.41. The second kappa shape index (κ2) is 5.00. The number of carbonyl (C=O) groups excluding carboxylic acids is 1. The van der Waals surface area contributed by atoms with E-state index in [-0.39, 0.29) is 23.6 Å². The predicted molar refractivity (Wildman–Crippen MR) is 67.0 cm³/mol. The van der Waals surface area contributed by atoms with Crippen LogP contribution in [0.5, 0.6) is 0 Å². The van der Waals surface area contributed by atoms with Crippen molar-refractivity contribution >= 4 is 11.6 Å². The number of hydrogen-bond donors (Lipinski definition) is 0. The average Bonchev–Trinajstić information content (AvgIpc) is 2.69. The second-order valence-corrected chi connectivity index (χ2v) is 4.39. The molecule has 0 N–H and O–H groups in total. The van der Waals surface area contributed by atoms with Gasteiger partial charge in [-0.3, -0.25) is 4.79 Å². The molecule has 1 aliphatic rings. The van der Waals surface area contributed by atoms with Crippen molar-refractivity contribution in [3.63, 3.8) is 0 Å². The number of rotatable bonds is 3. The fourth-order valence-electron chi connectivity index (χ4n) is 2.33. The number of alkyl halides is 3. The van der Waals surface area contributed by atoms with Gasteiger partial charge in [-0.05, 0) is 24.1 Å². The molecular formula is C14H11F3N2O. The van der Waals surface area contributed by atoms with E-state index in [4.69, 9.17) is 5.26 Å². The summed E-state index contributed by atoms with van der Waals surface area (Å²) in [5.41, 5.74) is -1.31. The van der Waals surface area contributed by atoms with Crippen molar-refractivity contribution in [2.75, 3.05) is 11.4 Å². The highest BCUT2D eigenvalue weighted by molar-refractivity contribution is 6.02. The maximum atomic E-state index is 13.1. The molecule has 0 saturated carbocycles. The number of benzene rings is 1. The third-order valence-electron chi connectivity index (χ3n) is 3.17. The van der Waals surface area contributed by atoms with E-state index in [2.05, 4.69) is 6.58 Å². The third kappa shape index (κ3) is 2.27. The fourth-order valence-corrected chi connectivity index (χ4v) is 2.33. The van der Waals surface area contributed by atoms with Crippen LogP contribution in [-0.4, -0.2) is 12.5 Å². The van der Waals surface area contributed by atoms with E-state index < -0.39 is 17.3 Å². The van der Waals surface area contributed by atoms with Crippen LogP contribution in [0.2, 0.25) is 0 Å². The summed E-state index contributed by atoms with van der Waals surface area (Å²) >= 11 is 0. The third-order valence-corrected chi connectivity index (χ3v) is 3.17. The van der Waals surface area contributed by atoms with Crippen molar-refractivity contribution < 1.29 is 18.0 Å². The SMILES string of the molecule is C=CCCN1C(=O)Cc2c1ccc(C#N)c2C(F)(F)F. The van der Waals surface area contributed by atoms with E-state index in [1.807, 2.05) is 0 Å². The lowest BCUT2D eigenvalue weighted by atomic mass is 9.99. The summed E-state index contributed by atoms with van der Waals surface area (Å²) in [6.45, 7) is 3.82. The first kappa shape index (κ1) is 14.1. The number of nitriles is 1. The van der Waals surface area contributed by atoms with Crippen molar-refractivity contribution in [3.8, 4) is 6.07 Å². The quantitative estimate of drug-likeness (QED) is 0.799. The molecule has 1 aliphatic heterocycles. The zero-order valence-electron chi connectivity index (χ0n) is 10.5. The lowest BCUT2D eigenvalue weighted by Gasteiger charge is -2.18. The van der Waals surface area contributed by atoms with E-state index >= 15 is 0 Å². The maximum Gasteiger partial charge on any atom is 0.418 e. The van der Waals surface area contributed by atoms with Crippen molar-refractivity contribution in [2.24, 2.45) is 0 Å². The molecule has 0 radical (unpaired) electrons. The molecule has 0 atom stereocenters. The number of hydrogen-bond acceptors (Lipinski definition) is 2. The summed E-state index contributed by atoms with van der Waals surface area (Å²) < 4.78 is 39.3. The van der Waals surface area contributed by atoms with E-state index in [1.165, 1.54) is 17.0 Å². The molecule has 1 amide bonds. The molecule has 1 heterocycles. The molecule has 6 heteroatoms. The van der Waals surface area contributed by atoms with Crippen LogP contribution in [0.1, 0.15) is 23.1 Å². The number of carbonyl (C=O) groups is 1. The van der Waals surface area contributed by atoms with Crippen LogP contribution < -0.4 is 4.90 Å². The largest absolute Gasteiger partial charge is 0.418 e. The van der Waals surface area contributed by atoms with Crippen LogP contribution in [-0.2, 0) is 17.4 Å². The highest BCUT2D eigenvalue weighted by atomic mass is 19.4. The topological polar surface area (TPSA) is 44.1 Å². The molecule has 3 nitrogen and oxygen atoms in total. The Morgan fingerprint density at radius 2 is 2.15 bits per heavy atom. The molecule has 0 aliphatic carbocycles. The molecule has 0 spiro atoms. The first-order valence-electron chi connectivity index (χ1n) is 5.94. The lowest BCUT2D eigenvalue weighted by molar-refractivity contribution is -0.138. The standard InChI is InChI=1S/C14H11F3N2O/c1-2-3-6-19-11-5-4-9(8-18)13(14(15,16)17)10(11)7-12(19)20/h2,4-5H,1,3,6-7H2. The Kier molecular flexibility index (Phi) is 3.53. The van der Waals surface area contributed by atoms with Crippen LogP contribution in [0.4, 0.5) is 18.9 Å². The minimum absolute atomic E-state index is 0.106. The number of amides is 1. The van der Waals surface area contributed by atoms with Crippen LogP contribution >= 0.6 is 0 Å². The number of anilines is 1. The zero-order chi connectivity index (χ0) is 14.9. The molecule has 0 bridgehead atoms. The Morgan fingerprint density at radius 1 is 1.45 bits per heavy atom. The Balaban J connectivity index is 2.57. The average molecular weight is 280 g/mol. The lowest BCUT2D eigenvalue weighted by Crippen LogP contribution is -2.27. The van der Waals surface area contributed by atoms with Crippen molar-refractivity contribution in [1.29, 1.82) is 5.26 Å². The smallest absolute Gasteiger partial charge is 0.312 e. The monoisotopic (exact) mass is 280 g/mol. The normalized spacial score (nSPS) is 14.1. The molecule has 0 fully saturated rings. The van der Waals surface area contributed by atoms with Crippen molar-refractivity contribution in [3.05, 3.63) is 41.5 Å². The molecule has 2 rings (SSSR count). The van der Waals surface area contributed by atoms with Gasteiger partial charge in [0.2, 0.25) is 5.91 Å². The summed E-state index contributed by atoms with van der Waals surface area (Å²) in [6, 6.07) is 4.05. The van der Waals surface area contributed by atoms with Gasteiger partial charge in [0.05, 0.1) is 23.6 Å². The Labute approximate surface area is 113 Å². The minimum atomic E-state index is -4.65. The summed E-state index contributed by atoms with van der Waals surface area (Å²) in [5.74, 6) is -0.387. The Morgan fingerprint density at radius 3 is 2.70 bits per heavy atom. The van der Waals surface area contributed by atoms with Gasteiger partial charge in [-0.1, -0.05) is 6.08 Å². The van der Waals surface area contributed by atoms with Gasteiger partial charge < -0.3 is 4.90 Å². The number of nitrogens with zero attached hydrogens (tertiary/aromatic N) is 2. The van der Waals surface area contributed by atoms with E-state index in [0.717, 1.165) is 6.07 Å². The summed E-state index contributed by atoms with van der Waals surface area (Å²) in [5, 5.41) is 8.82. The first-order chi connectivity index (χ1) is 9.40. The van der Waals surface area contributed by atoms with Gasteiger partial charge in [-0.15, -0.1) is 6.58 Å². The molecular weight excluding hydrogens is 269 g/mol. The van der Waals surface area contributed by atoms with Gasteiger partial charge in [0, 0.05) is 12.2 Å². The first-order valence-corrected chi connectivity index (χ1v) is 5.94. The Bertz CT molecular complexity index is 614. The van der Waals surface area contributed by atoms with Gasteiger partial charge in [0.15, 0.2) is 0 Å². The second-order valence-electron chi connectivity index (χ2n) is 4.39. The molecule has 1 aromatic rings. The van der Waals surface area contributed by atoms with Crippen LogP contribution in [0.25, 0.3) is 0 Å². The van der Waals surface area contributed by atoms with Gasteiger partial charge in [-0.25, -0.2) is 0 Å². The molecule has 20 heavy (non-hydrogen) atoms. The van der Waals surface area contributed by atoms with Gasteiger partial charge in [-0.2, -0.15) is 18.4 Å². The van der Waals surface area contributed by atoms with Crippen LogP contribution in [0.3, 0.4) is 0 Å². The van der Waals surface area contributed by atoms with Crippen LogP contribution in [0.15, 0.2) is 24.8 Å². The molecule has 0 saturated heterocycles. The fraction of sp³-hybridized carbons (Fsp3) is 0.286. The number of halogens is 3. The van der Waals surface area contributed by atoms with E-state index in [9.17, 15) is 18.0 Å². The van der Waals surface area contributed by atoms with E-state index in [0.29, 0.717) is 13.0 Å². The molecule has 104 valence electrons. The van der Waals surface area contributed by atoms with Gasteiger partial charge in [0.25, 0.3) is 0 Å².